The van der Waals surface area contributed by atoms with Gasteiger partial charge in [0.15, 0.2) is 0 Å². The second-order valence-corrected chi connectivity index (χ2v) is 14.7. The third-order valence-electron chi connectivity index (χ3n) is 11.6. The number of furan rings is 2. The Morgan fingerprint density at radius 1 is 0.464 bits per heavy atom. The fraction of sp³-hybridized carbons (Fsp3) is 0.0385. The van der Waals surface area contributed by atoms with Gasteiger partial charge in [-0.1, -0.05) is 140 Å². The van der Waals surface area contributed by atoms with Crippen LogP contribution in [0.3, 0.4) is 0 Å². The second kappa shape index (κ2) is 12.1. The van der Waals surface area contributed by atoms with Gasteiger partial charge in [0.05, 0.1) is 16.8 Å². The molecule has 8 aromatic carbocycles. The van der Waals surface area contributed by atoms with Gasteiger partial charge in [-0.25, -0.2) is 0 Å². The number of fused-ring (bicyclic) bond motifs is 11. The summed E-state index contributed by atoms with van der Waals surface area (Å²) in [5, 5.41) is 6.60. The fourth-order valence-electron chi connectivity index (χ4n) is 9.16. The minimum Gasteiger partial charge on any atom is -0.484 e. The maximum atomic E-state index is 7.17. The highest BCUT2D eigenvalue weighted by Crippen LogP contribution is 2.54. The molecule has 0 saturated carbocycles. The minimum absolute atomic E-state index is 0.00892. The van der Waals surface area contributed by atoms with Gasteiger partial charge in [0.1, 0.15) is 34.2 Å². The molecule has 0 saturated heterocycles. The number of ether oxygens (including phenoxy) is 1. The summed E-state index contributed by atoms with van der Waals surface area (Å²) < 4.78 is 20.0. The molecule has 1 aliphatic heterocycles. The molecule has 0 bridgehead atoms. The summed E-state index contributed by atoms with van der Waals surface area (Å²) in [6.45, 7) is 0. The van der Waals surface area contributed by atoms with E-state index in [0.29, 0.717) is 0 Å². The van der Waals surface area contributed by atoms with E-state index in [1.807, 2.05) is 24.3 Å². The molecule has 0 spiro atoms. The van der Waals surface area contributed by atoms with Crippen molar-refractivity contribution >= 4 is 77.3 Å². The lowest BCUT2D eigenvalue weighted by atomic mass is 9.82. The summed E-state index contributed by atoms with van der Waals surface area (Å²) in [6.07, 6.45) is 6.52. The van der Waals surface area contributed by atoms with Crippen molar-refractivity contribution in [3.05, 3.63) is 199 Å². The van der Waals surface area contributed by atoms with Crippen LogP contribution in [0.15, 0.2) is 197 Å². The summed E-state index contributed by atoms with van der Waals surface area (Å²) in [6, 6.07) is 59.9. The average molecular weight is 720 g/mol. The zero-order chi connectivity index (χ0) is 36.7. The van der Waals surface area contributed by atoms with Crippen LogP contribution < -0.4 is 9.64 Å². The van der Waals surface area contributed by atoms with Crippen LogP contribution in [0.25, 0.3) is 71.3 Å². The molecule has 2 aromatic heterocycles. The lowest BCUT2D eigenvalue weighted by Gasteiger charge is -2.28. The van der Waals surface area contributed by atoms with Gasteiger partial charge < -0.3 is 18.5 Å². The number of hydrogen-bond acceptors (Lipinski definition) is 4. The molecule has 4 heteroatoms. The number of benzene rings is 8. The number of nitrogens with zero attached hydrogens (tertiary/aromatic N) is 1. The summed E-state index contributed by atoms with van der Waals surface area (Å²) in [7, 11) is 0. The van der Waals surface area contributed by atoms with Gasteiger partial charge in [-0.05, 0) is 65.2 Å². The van der Waals surface area contributed by atoms with E-state index in [2.05, 4.69) is 169 Å². The Morgan fingerprint density at radius 2 is 1.07 bits per heavy atom. The summed E-state index contributed by atoms with van der Waals surface area (Å²) in [5.74, 6) is 0.946. The van der Waals surface area contributed by atoms with E-state index < -0.39 is 0 Å². The van der Waals surface area contributed by atoms with Gasteiger partial charge >= 0.3 is 0 Å². The van der Waals surface area contributed by atoms with Crippen LogP contribution in [0, 0.1) is 0 Å². The predicted octanol–water partition coefficient (Wildman–Crippen LogP) is 14.3. The molecular weight excluding hydrogens is 687 g/mol. The molecule has 0 amide bonds. The van der Waals surface area contributed by atoms with E-state index in [4.69, 9.17) is 13.6 Å². The lowest BCUT2D eigenvalue weighted by Crippen LogP contribution is -2.21. The van der Waals surface area contributed by atoms with Gasteiger partial charge in [0, 0.05) is 49.7 Å². The smallest absolute Gasteiger partial charge is 0.137 e. The molecule has 1 aliphatic carbocycles. The second-order valence-electron chi connectivity index (χ2n) is 14.7. The van der Waals surface area contributed by atoms with Gasteiger partial charge in [0.25, 0.3) is 0 Å². The van der Waals surface area contributed by atoms with Crippen molar-refractivity contribution in [2.75, 3.05) is 4.90 Å². The molecule has 0 fully saturated rings. The standard InChI is InChI=1S/C52H33NO3/c1-2-13-32(14-3-1)33-27-29-34(30-28-33)53(43-22-12-26-48-50(43)41-18-7-9-24-46(41)55-48)44-31-42-39-21-10-20-38(51(39)56-52(42)37-16-5-4-15-35(37)44)36-19-11-25-47-49(36)40-17-6-8-23-45(40)54-47/h1-31,39,51H. The molecule has 2 unspecified atom stereocenters. The van der Waals surface area contributed by atoms with Crippen molar-refractivity contribution in [2.24, 2.45) is 0 Å². The third-order valence-corrected chi connectivity index (χ3v) is 11.6. The first-order valence-corrected chi connectivity index (χ1v) is 19.2. The minimum atomic E-state index is -0.201. The zero-order valence-corrected chi connectivity index (χ0v) is 30.2. The monoisotopic (exact) mass is 719 g/mol. The van der Waals surface area contributed by atoms with Crippen LogP contribution in [0.1, 0.15) is 17.0 Å². The molecule has 56 heavy (non-hydrogen) atoms. The largest absolute Gasteiger partial charge is 0.484 e. The predicted molar refractivity (Wildman–Crippen MR) is 229 cm³/mol. The summed E-state index contributed by atoms with van der Waals surface area (Å²) in [5.41, 5.74) is 12.5. The molecule has 0 radical (unpaired) electrons. The first-order chi connectivity index (χ1) is 27.8. The Labute approximate surface area is 322 Å². The van der Waals surface area contributed by atoms with Crippen LogP contribution in [0.2, 0.25) is 0 Å². The molecule has 0 N–H and O–H groups in total. The lowest BCUT2D eigenvalue weighted by molar-refractivity contribution is 0.281. The topological polar surface area (TPSA) is 38.8 Å². The van der Waals surface area contributed by atoms with Crippen molar-refractivity contribution in [1.82, 2.24) is 0 Å². The fourth-order valence-corrected chi connectivity index (χ4v) is 9.16. The van der Waals surface area contributed by atoms with Crippen LogP contribution in [0.4, 0.5) is 17.1 Å². The van der Waals surface area contributed by atoms with Crippen LogP contribution in [-0.4, -0.2) is 6.10 Å². The van der Waals surface area contributed by atoms with Crippen molar-refractivity contribution in [3.63, 3.8) is 0 Å². The molecule has 3 heterocycles. The normalized spacial score (nSPS) is 16.0. The van der Waals surface area contributed by atoms with Crippen molar-refractivity contribution in [2.45, 2.75) is 12.0 Å². The number of para-hydroxylation sites is 2. The number of anilines is 3. The Morgan fingerprint density at radius 3 is 1.84 bits per heavy atom. The maximum absolute atomic E-state index is 7.17. The third kappa shape index (κ3) is 4.59. The van der Waals surface area contributed by atoms with Crippen LogP contribution in [-0.2, 0) is 0 Å². The van der Waals surface area contributed by atoms with Crippen molar-refractivity contribution in [3.8, 4) is 16.9 Å². The average Bonchev–Trinajstić information content (AvgIpc) is 3.96. The first kappa shape index (κ1) is 31.1. The van der Waals surface area contributed by atoms with E-state index in [1.54, 1.807) is 0 Å². The van der Waals surface area contributed by atoms with Gasteiger partial charge in [-0.3, -0.25) is 0 Å². The highest BCUT2D eigenvalue weighted by molar-refractivity contribution is 6.15. The van der Waals surface area contributed by atoms with Gasteiger partial charge in [-0.2, -0.15) is 0 Å². The van der Waals surface area contributed by atoms with E-state index in [9.17, 15) is 0 Å². The Hall–Kier alpha value is -7.30. The maximum Gasteiger partial charge on any atom is 0.137 e. The zero-order valence-electron chi connectivity index (χ0n) is 30.2. The number of allylic oxidation sites excluding steroid dienone is 2. The molecule has 2 aliphatic rings. The van der Waals surface area contributed by atoms with Crippen LogP contribution in [0.5, 0.6) is 5.75 Å². The summed E-state index contributed by atoms with van der Waals surface area (Å²) in [4.78, 5) is 2.41. The Kier molecular flexibility index (Phi) is 6.72. The molecule has 12 rings (SSSR count). The van der Waals surface area contributed by atoms with Crippen LogP contribution >= 0.6 is 0 Å². The quantitative estimate of drug-likeness (QED) is 0.178. The number of hydrogen-bond donors (Lipinski definition) is 0. The molecule has 10 aromatic rings. The van der Waals surface area contributed by atoms with E-state index in [-0.39, 0.29) is 12.0 Å². The van der Waals surface area contributed by atoms with Crippen molar-refractivity contribution in [1.29, 1.82) is 0 Å². The highest BCUT2D eigenvalue weighted by Gasteiger charge is 2.40. The number of rotatable bonds is 5. The molecule has 264 valence electrons. The highest BCUT2D eigenvalue weighted by atomic mass is 16.5. The van der Waals surface area contributed by atoms with E-state index >= 15 is 0 Å². The first-order valence-electron chi connectivity index (χ1n) is 19.2. The SMILES string of the molecule is C1=CC2c3cc(N(c4ccc(-c5ccccc5)cc4)c4cccc5oc6ccccc6c45)c4ccccc4c3OC2C(c2cccc3oc4ccccc4c23)=C1. The van der Waals surface area contributed by atoms with Crippen molar-refractivity contribution < 1.29 is 13.6 Å². The van der Waals surface area contributed by atoms with E-state index in [0.717, 1.165) is 88.6 Å². The van der Waals surface area contributed by atoms with E-state index in [1.165, 1.54) is 16.7 Å². The van der Waals surface area contributed by atoms with Gasteiger partial charge in [0.2, 0.25) is 0 Å². The summed E-state index contributed by atoms with van der Waals surface area (Å²) >= 11 is 0. The Balaban J connectivity index is 1.07. The molecular formula is C52H33NO3. The molecule has 2 atom stereocenters. The Bertz CT molecular complexity index is 3240. The molecule has 4 nitrogen and oxygen atoms in total. The van der Waals surface area contributed by atoms with Gasteiger partial charge in [-0.15, -0.1) is 0 Å².